The number of anilines is 1. The van der Waals surface area contributed by atoms with E-state index in [1.165, 1.54) is 0 Å². The number of aryl methyl sites for hydroxylation is 1. The van der Waals surface area contributed by atoms with Crippen LogP contribution in [-0.2, 0) is 7.05 Å². The van der Waals surface area contributed by atoms with Crippen LogP contribution in [0, 0.1) is 0 Å². The first-order valence-electron chi connectivity index (χ1n) is 4.50. The first-order chi connectivity index (χ1) is 7.22. The Bertz CT molecular complexity index is 478. The van der Waals surface area contributed by atoms with Crippen LogP contribution in [0.25, 0.3) is 11.4 Å². The Balaban J connectivity index is 2.47. The van der Waals surface area contributed by atoms with Crippen molar-refractivity contribution in [3.8, 4) is 17.1 Å². The van der Waals surface area contributed by atoms with E-state index in [0.717, 1.165) is 11.4 Å². The van der Waals surface area contributed by atoms with Crippen molar-refractivity contribution in [3.63, 3.8) is 0 Å². The summed E-state index contributed by atoms with van der Waals surface area (Å²) in [5.74, 6) is 1.45. The molecule has 0 aliphatic rings. The number of nitrogens with two attached hydrogens (primary N) is 1. The van der Waals surface area contributed by atoms with E-state index in [1.54, 1.807) is 13.4 Å². The molecule has 0 saturated heterocycles. The van der Waals surface area contributed by atoms with Gasteiger partial charge >= 0.3 is 0 Å². The van der Waals surface area contributed by atoms with Crippen LogP contribution in [0.15, 0.2) is 24.5 Å². The zero-order chi connectivity index (χ0) is 10.8. The number of benzene rings is 1. The standard InChI is InChI=1S/C10H12N4O/c1-14-6-12-13-10(14)7-3-4-9(15-2)8(11)5-7/h3-6H,11H2,1-2H3. The molecule has 1 aromatic carbocycles. The van der Waals surface area contributed by atoms with Gasteiger partial charge in [0.2, 0.25) is 0 Å². The van der Waals surface area contributed by atoms with Gasteiger partial charge in [0, 0.05) is 12.6 Å². The molecule has 2 N–H and O–H groups in total. The van der Waals surface area contributed by atoms with E-state index in [1.807, 2.05) is 29.8 Å². The second-order valence-electron chi connectivity index (χ2n) is 3.22. The van der Waals surface area contributed by atoms with E-state index >= 15 is 0 Å². The maximum Gasteiger partial charge on any atom is 0.163 e. The minimum atomic E-state index is 0.595. The van der Waals surface area contributed by atoms with Gasteiger partial charge in [0.15, 0.2) is 5.82 Å². The van der Waals surface area contributed by atoms with Gasteiger partial charge in [-0.3, -0.25) is 0 Å². The van der Waals surface area contributed by atoms with Gasteiger partial charge in [-0.25, -0.2) is 0 Å². The molecule has 0 aliphatic carbocycles. The summed E-state index contributed by atoms with van der Waals surface area (Å²) in [5.41, 5.74) is 7.33. The van der Waals surface area contributed by atoms with Gasteiger partial charge < -0.3 is 15.0 Å². The largest absolute Gasteiger partial charge is 0.495 e. The smallest absolute Gasteiger partial charge is 0.163 e. The zero-order valence-corrected chi connectivity index (χ0v) is 8.64. The molecule has 0 saturated carbocycles. The van der Waals surface area contributed by atoms with Crippen molar-refractivity contribution in [1.82, 2.24) is 14.8 Å². The molecule has 0 radical (unpaired) electrons. The van der Waals surface area contributed by atoms with Crippen LogP contribution in [0.1, 0.15) is 0 Å². The lowest BCUT2D eigenvalue weighted by Gasteiger charge is -2.06. The van der Waals surface area contributed by atoms with E-state index in [0.29, 0.717) is 11.4 Å². The van der Waals surface area contributed by atoms with Crippen LogP contribution >= 0.6 is 0 Å². The quantitative estimate of drug-likeness (QED) is 0.743. The second kappa shape index (κ2) is 3.61. The highest BCUT2D eigenvalue weighted by atomic mass is 16.5. The molecule has 0 bridgehead atoms. The molecule has 0 atom stereocenters. The van der Waals surface area contributed by atoms with E-state index < -0.39 is 0 Å². The van der Waals surface area contributed by atoms with Crippen LogP contribution in [0.2, 0.25) is 0 Å². The third kappa shape index (κ3) is 1.63. The Hall–Kier alpha value is -2.04. The van der Waals surface area contributed by atoms with Gasteiger partial charge in [-0.15, -0.1) is 10.2 Å². The number of hydrogen-bond acceptors (Lipinski definition) is 4. The van der Waals surface area contributed by atoms with E-state index in [9.17, 15) is 0 Å². The van der Waals surface area contributed by atoms with Crippen molar-refractivity contribution in [1.29, 1.82) is 0 Å². The Morgan fingerprint density at radius 1 is 1.40 bits per heavy atom. The molecule has 0 aliphatic heterocycles. The predicted octanol–water partition coefficient (Wildman–Crippen LogP) is 1.07. The first-order valence-corrected chi connectivity index (χ1v) is 4.50. The minimum absolute atomic E-state index is 0.595. The fourth-order valence-corrected chi connectivity index (χ4v) is 1.42. The third-order valence-corrected chi connectivity index (χ3v) is 2.20. The lowest BCUT2D eigenvalue weighted by molar-refractivity contribution is 0.417. The number of nitrogens with zero attached hydrogens (tertiary/aromatic N) is 3. The monoisotopic (exact) mass is 204 g/mol. The lowest BCUT2D eigenvalue weighted by atomic mass is 10.2. The van der Waals surface area contributed by atoms with Crippen LogP contribution in [-0.4, -0.2) is 21.9 Å². The average molecular weight is 204 g/mol. The zero-order valence-electron chi connectivity index (χ0n) is 8.64. The van der Waals surface area contributed by atoms with Gasteiger partial charge in [0.1, 0.15) is 12.1 Å². The highest BCUT2D eigenvalue weighted by Crippen LogP contribution is 2.26. The Labute approximate surface area is 87.5 Å². The molecule has 2 aromatic rings. The Morgan fingerprint density at radius 3 is 2.73 bits per heavy atom. The summed E-state index contributed by atoms with van der Waals surface area (Å²) in [6.45, 7) is 0. The SMILES string of the molecule is COc1ccc(-c2nncn2C)cc1N. The molecular formula is C10H12N4O. The van der Waals surface area contributed by atoms with E-state index in [2.05, 4.69) is 10.2 Å². The van der Waals surface area contributed by atoms with Crippen LogP contribution in [0.4, 0.5) is 5.69 Å². The average Bonchev–Trinajstić information content (AvgIpc) is 2.64. The summed E-state index contributed by atoms with van der Waals surface area (Å²) in [5, 5.41) is 7.81. The molecule has 1 heterocycles. The van der Waals surface area contributed by atoms with Crippen LogP contribution in [0.3, 0.4) is 0 Å². The molecule has 78 valence electrons. The van der Waals surface area contributed by atoms with Gasteiger partial charge in [-0.05, 0) is 18.2 Å². The molecule has 5 nitrogen and oxygen atoms in total. The van der Waals surface area contributed by atoms with Gasteiger partial charge in [0.25, 0.3) is 0 Å². The maximum absolute atomic E-state index is 5.81. The number of ether oxygens (including phenoxy) is 1. The highest BCUT2D eigenvalue weighted by Gasteiger charge is 2.06. The molecule has 0 amide bonds. The predicted molar refractivity (Wildman–Crippen MR) is 57.4 cm³/mol. The van der Waals surface area contributed by atoms with Gasteiger partial charge in [-0.2, -0.15) is 0 Å². The summed E-state index contributed by atoms with van der Waals surface area (Å²) in [6.07, 6.45) is 1.65. The number of methoxy groups -OCH3 is 1. The van der Waals surface area contributed by atoms with Gasteiger partial charge in [0.05, 0.1) is 12.8 Å². The second-order valence-corrected chi connectivity index (χ2v) is 3.22. The minimum Gasteiger partial charge on any atom is -0.495 e. The Kier molecular flexibility index (Phi) is 2.29. The van der Waals surface area contributed by atoms with E-state index in [4.69, 9.17) is 10.5 Å². The van der Waals surface area contributed by atoms with Crippen molar-refractivity contribution >= 4 is 5.69 Å². The molecular weight excluding hydrogens is 192 g/mol. The van der Waals surface area contributed by atoms with Crippen LogP contribution in [0.5, 0.6) is 5.75 Å². The number of rotatable bonds is 2. The normalized spacial score (nSPS) is 10.3. The van der Waals surface area contributed by atoms with Crippen molar-refractivity contribution in [2.75, 3.05) is 12.8 Å². The maximum atomic E-state index is 5.81. The fourth-order valence-electron chi connectivity index (χ4n) is 1.42. The molecule has 0 spiro atoms. The molecule has 2 rings (SSSR count). The summed E-state index contributed by atoms with van der Waals surface area (Å²) < 4.78 is 6.91. The van der Waals surface area contributed by atoms with Crippen molar-refractivity contribution in [2.24, 2.45) is 7.05 Å². The van der Waals surface area contributed by atoms with Crippen molar-refractivity contribution < 1.29 is 4.74 Å². The summed E-state index contributed by atoms with van der Waals surface area (Å²) in [6, 6.07) is 5.54. The van der Waals surface area contributed by atoms with Crippen molar-refractivity contribution in [2.45, 2.75) is 0 Å². The Morgan fingerprint density at radius 2 is 2.20 bits per heavy atom. The summed E-state index contributed by atoms with van der Waals surface area (Å²) in [4.78, 5) is 0. The fraction of sp³-hybridized carbons (Fsp3) is 0.200. The highest BCUT2D eigenvalue weighted by molar-refractivity contribution is 5.66. The van der Waals surface area contributed by atoms with Gasteiger partial charge in [-0.1, -0.05) is 0 Å². The van der Waals surface area contributed by atoms with Crippen LogP contribution < -0.4 is 10.5 Å². The summed E-state index contributed by atoms with van der Waals surface area (Å²) in [7, 11) is 3.48. The van der Waals surface area contributed by atoms with E-state index in [-0.39, 0.29) is 0 Å². The molecule has 0 unspecified atom stereocenters. The number of nitrogen functional groups attached to an aromatic ring is 1. The number of aromatic nitrogens is 3. The topological polar surface area (TPSA) is 66.0 Å². The molecule has 15 heavy (non-hydrogen) atoms. The first kappa shape index (κ1) is 9.51. The lowest BCUT2D eigenvalue weighted by Crippen LogP contribution is -1.95. The molecule has 1 aromatic heterocycles. The van der Waals surface area contributed by atoms with Crippen molar-refractivity contribution in [3.05, 3.63) is 24.5 Å². The third-order valence-electron chi connectivity index (χ3n) is 2.20. The molecule has 5 heteroatoms. The number of hydrogen-bond donors (Lipinski definition) is 1. The molecule has 0 fully saturated rings. The summed E-state index contributed by atoms with van der Waals surface area (Å²) >= 11 is 0.